The van der Waals surface area contributed by atoms with Crippen LogP contribution in [-0.4, -0.2) is 33.2 Å². The van der Waals surface area contributed by atoms with Crippen LogP contribution >= 0.6 is 0 Å². The van der Waals surface area contributed by atoms with Gasteiger partial charge in [0, 0.05) is 11.9 Å². The highest BCUT2D eigenvalue weighted by Gasteiger charge is 2.11. The van der Waals surface area contributed by atoms with Crippen molar-refractivity contribution in [3.05, 3.63) is 72.3 Å². The molecule has 0 spiro atoms. The molecule has 3 rings (SSSR count). The number of hydrogen-bond acceptors (Lipinski definition) is 5. The number of sulfone groups is 1. The predicted molar refractivity (Wildman–Crippen MR) is 107 cm³/mol. The molecule has 0 fully saturated rings. The van der Waals surface area contributed by atoms with Gasteiger partial charge in [0.05, 0.1) is 11.3 Å². The minimum atomic E-state index is -3.30. The molecule has 0 atom stereocenters. The third-order valence-electron chi connectivity index (χ3n) is 4.09. The summed E-state index contributed by atoms with van der Waals surface area (Å²) in [5.41, 5.74) is 1.23. The Labute approximate surface area is 163 Å². The lowest BCUT2D eigenvalue weighted by atomic mass is 10.1. The standard InChI is InChI=1S/C21H19NO5S/c1-28(25,26)19-10-8-18(9-11-19)22-20(23)14-27-21(24)13-15-6-7-16-4-2-3-5-17(16)12-15/h2-12H,13-14H2,1H3,(H,22,23). The summed E-state index contributed by atoms with van der Waals surface area (Å²) in [5, 5.41) is 4.67. The highest BCUT2D eigenvalue weighted by atomic mass is 32.2. The molecule has 3 aromatic carbocycles. The van der Waals surface area contributed by atoms with Crippen molar-refractivity contribution in [2.75, 3.05) is 18.2 Å². The van der Waals surface area contributed by atoms with E-state index in [-0.39, 0.29) is 11.3 Å². The second kappa shape index (κ2) is 8.22. The molecule has 6 nitrogen and oxygen atoms in total. The molecule has 1 N–H and O–H groups in total. The van der Waals surface area contributed by atoms with Gasteiger partial charge in [0.2, 0.25) is 0 Å². The molecule has 3 aromatic rings. The summed E-state index contributed by atoms with van der Waals surface area (Å²) in [5.74, 6) is -1.00. The molecule has 0 radical (unpaired) electrons. The molecule has 0 saturated carbocycles. The number of ether oxygens (including phenoxy) is 1. The summed E-state index contributed by atoms with van der Waals surface area (Å²) in [6, 6.07) is 19.3. The van der Waals surface area contributed by atoms with Crippen LogP contribution in [0.5, 0.6) is 0 Å². The molecule has 0 heterocycles. The van der Waals surface area contributed by atoms with Crippen molar-refractivity contribution in [3.8, 4) is 0 Å². The zero-order valence-electron chi connectivity index (χ0n) is 15.2. The fraction of sp³-hybridized carbons (Fsp3) is 0.143. The molecular weight excluding hydrogens is 378 g/mol. The molecule has 0 saturated heterocycles. The van der Waals surface area contributed by atoms with Gasteiger partial charge < -0.3 is 10.1 Å². The lowest BCUT2D eigenvalue weighted by Crippen LogP contribution is -2.21. The van der Waals surface area contributed by atoms with Gasteiger partial charge in [-0.05, 0) is 40.6 Å². The molecule has 0 bridgehead atoms. The Kier molecular flexibility index (Phi) is 5.75. The van der Waals surface area contributed by atoms with E-state index in [0.717, 1.165) is 22.6 Å². The van der Waals surface area contributed by atoms with E-state index in [1.54, 1.807) is 0 Å². The van der Waals surface area contributed by atoms with Gasteiger partial charge >= 0.3 is 5.97 Å². The summed E-state index contributed by atoms with van der Waals surface area (Å²) in [4.78, 5) is 24.1. The zero-order valence-corrected chi connectivity index (χ0v) is 16.0. The highest BCUT2D eigenvalue weighted by Crippen LogP contribution is 2.16. The fourth-order valence-corrected chi connectivity index (χ4v) is 3.33. The van der Waals surface area contributed by atoms with Crippen LogP contribution in [0.3, 0.4) is 0 Å². The monoisotopic (exact) mass is 397 g/mol. The van der Waals surface area contributed by atoms with Gasteiger partial charge in [-0.15, -0.1) is 0 Å². The first kappa shape index (κ1) is 19.6. The first-order valence-electron chi connectivity index (χ1n) is 8.54. The summed E-state index contributed by atoms with van der Waals surface area (Å²) in [7, 11) is -3.30. The highest BCUT2D eigenvalue weighted by molar-refractivity contribution is 7.90. The molecule has 0 unspecified atom stereocenters. The van der Waals surface area contributed by atoms with E-state index >= 15 is 0 Å². The van der Waals surface area contributed by atoms with Crippen molar-refractivity contribution in [2.45, 2.75) is 11.3 Å². The van der Waals surface area contributed by atoms with Crippen LogP contribution in [0.15, 0.2) is 71.6 Å². The maximum atomic E-state index is 12.0. The minimum Gasteiger partial charge on any atom is -0.455 e. The van der Waals surface area contributed by atoms with Gasteiger partial charge in [0.25, 0.3) is 5.91 Å². The first-order chi connectivity index (χ1) is 13.3. The van der Waals surface area contributed by atoms with Crippen molar-refractivity contribution < 1.29 is 22.7 Å². The Morgan fingerprint density at radius 2 is 1.61 bits per heavy atom. The number of amides is 1. The quantitative estimate of drug-likeness (QED) is 0.646. The predicted octanol–water partition coefficient (Wildman–Crippen LogP) is 2.97. The normalized spacial score (nSPS) is 11.2. The summed E-state index contributed by atoms with van der Waals surface area (Å²) >= 11 is 0. The molecular formula is C21H19NO5S. The van der Waals surface area contributed by atoms with E-state index in [1.807, 2.05) is 42.5 Å². The molecule has 0 aromatic heterocycles. The lowest BCUT2D eigenvalue weighted by Gasteiger charge is -2.08. The summed E-state index contributed by atoms with van der Waals surface area (Å²) < 4.78 is 27.9. The van der Waals surface area contributed by atoms with E-state index in [2.05, 4.69) is 5.32 Å². The maximum Gasteiger partial charge on any atom is 0.310 e. The topological polar surface area (TPSA) is 89.5 Å². The van der Waals surface area contributed by atoms with Gasteiger partial charge in [0.1, 0.15) is 0 Å². The Balaban J connectivity index is 1.51. The number of anilines is 1. The molecule has 0 aliphatic heterocycles. The number of nitrogens with one attached hydrogen (secondary N) is 1. The lowest BCUT2D eigenvalue weighted by molar-refractivity contribution is -0.146. The Morgan fingerprint density at radius 1 is 0.929 bits per heavy atom. The number of hydrogen-bond donors (Lipinski definition) is 1. The molecule has 7 heteroatoms. The van der Waals surface area contributed by atoms with Gasteiger partial charge in [-0.3, -0.25) is 9.59 Å². The van der Waals surface area contributed by atoms with E-state index in [1.165, 1.54) is 24.3 Å². The number of carbonyl (C=O) groups is 2. The molecule has 144 valence electrons. The SMILES string of the molecule is CS(=O)(=O)c1ccc(NC(=O)COC(=O)Cc2ccc3ccccc3c2)cc1. The number of rotatable bonds is 6. The largest absolute Gasteiger partial charge is 0.455 e. The van der Waals surface area contributed by atoms with Crippen molar-refractivity contribution in [3.63, 3.8) is 0 Å². The van der Waals surface area contributed by atoms with Crippen LogP contribution < -0.4 is 5.32 Å². The molecule has 0 aliphatic carbocycles. The van der Waals surface area contributed by atoms with Crippen LogP contribution in [0.25, 0.3) is 10.8 Å². The third-order valence-corrected chi connectivity index (χ3v) is 5.22. The summed E-state index contributed by atoms with van der Waals surface area (Å²) in [6.07, 6.45) is 1.18. The molecule has 0 aliphatic rings. The van der Waals surface area contributed by atoms with Crippen LogP contribution in [0.1, 0.15) is 5.56 Å². The summed E-state index contributed by atoms with van der Waals surface area (Å²) in [6.45, 7) is -0.416. The van der Waals surface area contributed by atoms with Crippen LogP contribution in [0.2, 0.25) is 0 Å². The Hall–Kier alpha value is -3.19. The Bertz CT molecular complexity index is 1120. The number of esters is 1. The van der Waals surface area contributed by atoms with E-state index in [0.29, 0.717) is 5.69 Å². The van der Waals surface area contributed by atoms with Crippen LogP contribution in [-0.2, 0) is 30.6 Å². The number of benzene rings is 3. The molecule has 1 amide bonds. The second-order valence-corrected chi connectivity index (χ2v) is 8.38. The molecule has 28 heavy (non-hydrogen) atoms. The van der Waals surface area contributed by atoms with Crippen molar-refractivity contribution in [1.29, 1.82) is 0 Å². The van der Waals surface area contributed by atoms with Gasteiger partial charge in [-0.25, -0.2) is 8.42 Å². The van der Waals surface area contributed by atoms with E-state index in [4.69, 9.17) is 4.74 Å². The maximum absolute atomic E-state index is 12.0. The second-order valence-electron chi connectivity index (χ2n) is 6.36. The van der Waals surface area contributed by atoms with Crippen LogP contribution in [0, 0.1) is 0 Å². The van der Waals surface area contributed by atoms with Gasteiger partial charge in [-0.1, -0.05) is 42.5 Å². The van der Waals surface area contributed by atoms with Crippen LogP contribution in [0.4, 0.5) is 5.69 Å². The van der Waals surface area contributed by atoms with Crippen molar-refractivity contribution in [1.82, 2.24) is 0 Å². The smallest absolute Gasteiger partial charge is 0.310 e. The number of fused-ring (bicyclic) bond motifs is 1. The van der Waals surface area contributed by atoms with Crippen molar-refractivity contribution in [2.24, 2.45) is 0 Å². The van der Waals surface area contributed by atoms with Gasteiger partial charge in [-0.2, -0.15) is 0 Å². The van der Waals surface area contributed by atoms with Crippen molar-refractivity contribution >= 4 is 38.2 Å². The number of carbonyl (C=O) groups excluding carboxylic acids is 2. The Morgan fingerprint density at radius 3 is 2.29 bits per heavy atom. The van der Waals surface area contributed by atoms with E-state index < -0.39 is 28.3 Å². The first-order valence-corrected chi connectivity index (χ1v) is 10.4. The zero-order chi connectivity index (χ0) is 20.1. The fourth-order valence-electron chi connectivity index (χ4n) is 2.70. The minimum absolute atomic E-state index is 0.0706. The average Bonchev–Trinajstić information content (AvgIpc) is 2.66. The average molecular weight is 397 g/mol. The van der Waals surface area contributed by atoms with Gasteiger partial charge in [0.15, 0.2) is 16.4 Å². The third kappa shape index (κ3) is 5.17. The van der Waals surface area contributed by atoms with E-state index in [9.17, 15) is 18.0 Å².